The molecule has 0 N–H and O–H groups in total. The van der Waals surface area contributed by atoms with E-state index in [9.17, 15) is 9.59 Å². The topological polar surface area (TPSA) is 61.2 Å². The van der Waals surface area contributed by atoms with Crippen LogP contribution in [0, 0.1) is 11.3 Å². The van der Waals surface area contributed by atoms with Crippen LogP contribution in [0.4, 0.5) is 5.69 Å². The standard InChI is InChI=1S/C12H10N2O2/c13-8-7-9-1-3-10(4-2-9)14-11(15)5-6-12(14)16/h1-4H,5-7H2. The highest BCUT2D eigenvalue weighted by molar-refractivity contribution is 6.19. The van der Waals surface area contributed by atoms with Crippen LogP contribution < -0.4 is 4.90 Å². The van der Waals surface area contributed by atoms with Crippen molar-refractivity contribution >= 4 is 17.5 Å². The minimum absolute atomic E-state index is 0.155. The van der Waals surface area contributed by atoms with Gasteiger partial charge in [-0.1, -0.05) is 12.1 Å². The molecule has 4 nitrogen and oxygen atoms in total. The quantitative estimate of drug-likeness (QED) is 0.699. The van der Waals surface area contributed by atoms with Gasteiger partial charge in [0, 0.05) is 12.8 Å². The summed E-state index contributed by atoms with van der Waals surface area (Å²) in [5, 5.41) is 8.52. The molecule has 0 aliphatic carbocycles. The molecule has 1 fully saturated rings. The van der Waals surface area contributed by atoms with Crippen molar-refractivity contribution in [3.8, 4) is 6.07 Å². The Morgan fingerprint density at radius 2 is 1.69 bits per heavy atom. The van der Waals surface area contributed by atoms with E-state index in [4.69, 9.17) is 5.26 Å². The summed E-state index contributed by atoms with van der Waals surface area (Å²) in [6.45, 7) is 0. The lowest BCUT2D eigenvalue weighted by molar-refractivity contribution is -0.121. The minimum atomic E-state index is -0.155. The number of amides is 2. The fourth-order valence-corrected chi connectivity index (χ4v) is 1.72. The van der Waals surface area contributed by atoms with Crippen LogP contribution in [0.5, 0.6) is 0 Å². The number of nitrogens with zero attached hydrogens (tertiary/aromatic N) is 2. The molecule has 1 heterocycles. The molecule has 1 aromatic carbocycles. The third-order valence-corrected chi connectivity index (χ3v) is 2.53. The van der Waals surface area contributed by atoms with Crippen molar-refractivity contribution in [2.75, 3.05) is 4.90 Å². The van der Waals surface area contributed by atoms with E-state index >= 15 is 0 Å². The zero-order chi connectivity index (χ0) is 11.5. The van der Waals surface area contributed by atoms with Gasteiger partial charge in [-0.15, -0.1) is 0 Å². The van der Waals surface area contributed by atoms with Crippen LogP contribution in [0.15, 0.2) is 24.3 Å². The van der Waals surface area contributed by atoms with Crippen LogP contribution in [0.25, 0.3) is 0 Å². The van der Waals surface area contributed by atoms with Crippen molar-refractivity contribution in [2.45, 2.75) is 19.3 Å². The first-order valence-electron chi connectivity index (χ1n) is 5.04. The van der Waals surface area contributed by atoms with Gasteiger partial charge in [-0.05, 0) is 17.7 Å². The zero-order valence-corrected chi connectivity index (χ0v) is 8.64. The molecular weight excluding hydrogens is 204 g/mol. The fourth-order valence-electron chi connectivity index (χ4n) is 1.72. The number of imide groups is 1. The molecule has 4 heteroatoms. The van der Waals surface area contributed by atoms with E-state index in [0.717, 1.165) is 5.56 Å². The third-order valence-electron chi connectivity index (χ3n) is 2.53. The monoisotopic (exact) mass is 214 g/mol. The number of hydrogen-bond donors (Lipinski definition) is 0. The van der Waals surface area contributed by atoms with E-state index in [0.29, 0.717) is 24.9 Å². The van der Waals surface area contributed by atoms with E-state index in [1.54, 1.807) is 24.3 Å². The third kappa shape index (κ3) is 1.80. The maximum Gasteiger partial charge on any atom is 0.234 e. The molecule has 1 aliphatic rings. The first-order chi connectivity index (χ1) is 7.72. The molecule has 1 saturated heterocycles. The van der Waals surface area contributed by atoms with E-state index in [-0.39, 0.29) is 11.8 Å². The maximum absolute atomic E-state index is 11.4. The van der Waals surface area contributed by atoms with Crippen molar-refractivity contribution in [3.05, 3.63) is 29.8 Å². The second-order valence-corrected chi connectivity index (χ2v) is 3.62. The Kier molecular flexibility index (Phi) is 2.69. The predicted molar refractivity (Wildman–Crippen MR) is 57.5 cm³/mol. The lowest BCUT2D eigenvalue weighted by atomic mass is 10.1. The predicted octanol–water partition coefficient (Wildman–Crippen LogP) is 1.41. The van der Waals surface area contributed by atoms with E-state index in [1.165, 1.54) is 4.90 Å². The Labute approximate surface area is 93.1 Å². The summed E-state index contributed by atoms with van der Waals surface area (Å²) in [7, 11) is 0. The van der Waals surface area contributed by atoms with Crippen LogP contribution in [0.2, 0.25) is 0 Å². The number of rotatable bonds is 2. The number of carbonyl (C=O) groups is 2. The molecule has 0 radical (unpaired) electrons. The largest absolute Gasteiger partial charge is 0.274 e. The highest BCUT2D eigenvalue weighted by Gasteiger charge is 2.29. The van der Waals surface area contributed by atoms with Crippen LogP contribution in [-0.4, -0.2) is 11.8 Å². The molecule has 0 atom stereocenters. The fraction of sp³-hybridized carbons (Fsp3) is 0.250. The van der Waals surface area contributed by atoms with E-state index in [2.05, 4.69) is 0 Å². The Hall–Kier alpha value is -2.15. The van der Waals surface area contributed by atoms with Gasteiger partial charge in [0.15, 0.2) is 0 Å². The molecule has 1 aromatic rings. The second-order valence-electron chi connectivity index (χ2n) is 3.62. The molecule has 1 aliphatic heterocycles. The molecule has 0 aromatic heterocycles. The van der Waals surface area contributed by atoms with Crippen LogP contribution in [0.1, 0.15) is 18.4 Å². The van der Waals surface area contributed by atoms with E-state index < -0.39 is 0 Å². The summed E-state index contributed by atoms with van der Waals surface area (Å²) in [5.74, 6) is -0.309. The summed E-state index contributed by atoms with van der Waals surface area (Å²) < 4.78 is 0. The summed E-state index contributed by atoms with van der Waals surface area (Å²) in [4.78, 5) is 24.1. The molecular formula is C12H10N2O2. The van der Waals surface area contributed by atoms with Gasteiger partial charge in [-0.25, -0.2) is 0 Å². The molecule has 80 valence electrons. The molecule has 0 bridgehead atoms. The molecule has 2 rings (SSSR count). The average molecular weight is 214 g/mol. The summed E-state index contributed by atoms with van der Waals surface area (Å²) in [6.07, 6.45) is 0.916. The zero-order valence-electron chi connectivity index (χ0n) is 8.64. The highest BCUT2D eigenvalue weighted by atomic mass is 16.2. The smallest absolute Gasteiger partial charge is 0.234 e. The minimum Gasteiger partial charge on any atom is -0.274 e. The highest BCUT2D eigenvalue weighted by Crippen LogP contribution is 2.22. The first kappa shape index (κ1) is 10.4. The van der Waals surface area contributed by atoms with Crippen molar-refractivity contribution in [2.24, 2.45) is 0 Å². The summed E-state index contributed by atoms with van der Waals surface area (Å²) in [6, 6.07) is 8.97. The number of carbonyl (C=O) groups excluding carboxylic acids is 2. The Balaban J connectivity index is 2.25. The number of benzene rings is 1. The molecule has 2 amide bonds. The van der Waals surface area contributed by atoms with Gasteiger partial charge in [-0.3, -0.25) is 14.5 Å². The SMILES string of the molecule is N#CCc1ccc(N2C(=O)CCC2=O)cc1. The van der Waals surface area contributed by atoms with Gasteiger partial charge in [0.1, 0.15) is 0 Å². The summed E-state index contributed by atoms with van der Waals surface area (Å²) in [5.41, 5.74) is 1.47. The van der Waals surface area contributed by atoms with Gasteiger partial charge >= 0.3 is 0 Å². The van der Waals surface area contributed by atoms with E-state index in [1.807, 2.05) is 6.07 Å². The summed E-state index contributed by atoms with van der Waals surface area (Å²) >= 11 is 0. The van der Waals surface area contributed by atoms with Gasteiger partial charge in [-0.2, -0.15) is 5.26 Å². The molecule has 0 saturated carbocycles. The number of nitriles is 1. The van der Waals surface area contributed by atoms with Gasteiger partial charge < -0.3 is 0 Å². The van der Waals surface area contributed by atoms with Crippen molar-refractivity contribution in [1.82, 2.24) is 0 Å². The molecule has 0 spiro atoms. The van der Waals surface area contributed by atoms with Gasteiger partial charge in [0.25, 0.3) is 0 Å². The Bertz CT molecular complexity index is 455. The maximum atomic E-state index is 11.4. The van der Waals surface area contributed by atoms with Gasteiger partial charge in [0.2, 0.25) is 11.8 Å². The Morgan fingerprint density at radius 3 is 2.19 bits per heavy atom. The van der Waals surface area contributed by atoms with Crippen LogP contribution in [-0.2, 0) is 16.0 Å². The van der Waals surface area contributed by atoms with Crippen molar-refractivity contribution < 1.29 is 9.59 Å². The number of hydrogen-bond acceptors (Lipinski definition) is 3. The Morgan fingerprint density at radius 1 is 1.12 bits per heavy atom. The van der Waals surface area contributed by atoms with Crippen LogP contribution in [0.3, 0.4) is 0 Å². The second kappa shape index (κ2) is 4.15. The lowest BCUT2D eigenvalue weighted by Gasteiger charge is -2.13. The van der Waals surface area contributed by atoms with Crippen molar-refractivity contribution in [3.63, 3.8) is 0 Å². The molecule has 16 heavy (non-hydrogen) atoms. The first-order valence-corrected chi connectivity index (χ1v) is 5.04. The lowest BCUT2D eigenvalue weighted by Crippen LogP contribution is -2.28. The van der Waals surface area contributed by atoms with Crippen molar-refractivity contribution in [1.29, 1.82) is 5.26 Å². The van der Waals surface area contributed by atoms with Gasteiger partial charge in [0.05, 0.1) is 18.2 Å². The normalized spacial score (nSPS) is 15.3. The molecule has 0 unspecified atom stereocenters. The number of anilines is 1. The average Bonchev–Trinajstić information content (AvgIpc) is 2.61. The van der Waals surface area contributed by atoms with Crippen LogP contribution >= 0.6 is 0 Å².